The summed E-state index contributed by atoms with van der Waals surface area (Å²) in [5, 5.41) is 7.79. The predicted octanol–water partition coefficient (Wildman–Crippen LogP) is 3.88. The van der Waals surface area contributed by atoms with Gasteiger partial charge in [0.1, 0.15) is 11.8 Å². The fourth-order valence-corrected chi connectivity index (χ4v) is 3.34. The van der Waals surface area contributed by atoms with Gasteiger partial charge in [0.25, 0.3) is 0 Å². The molecule has 3 aromatic heterocycles. The molecule has 21 heavy (non-hydrogen) atoms. The van der Waals surface area contributed by atoms with Gasteiger partial charge in [0.05, 0.1) is 23.3 Å². The van der Waals surface area contributed by atoms with Crippen LogP contribution in [-0.4, -0.2) is 16.3 Å². The summed E-state index contributed by atoms with van der Waals surface area (Å²) in [5.74, 6) is 0.894. The van der Waals surface area contributed by atoms with Crippen molar-refractivity contribution in [2.75, 3.05) is 6.54 Å². The number of nitrogens with one attached hydrogen (secondary N) is 1. The van der Waals surface area contributed by atoms with E-state index >= 15 is 0 Å². The van der Waals surface area contributed by atoms with Crippen LogP contribution < -0.4 is 5.32 Å². The standard InChI is InChI=1S/C15H16ClN3OS/c1-11-9-18-19(10-11)7-6-17-15(12-3-2-8-20-12)13-4-5-14(16)21-13/h2-5,8-10,15,17H,6-7H2,1H3. The Kier molecular flexibility index (Phi) is 4.43. The van der Waals surface area contributed by atoms with Crippen LogP contribution in [0.3, 0.4) is 0 Å². The van der Waals surface area contributed by atoms with Gasteiger partial charge in [-0.25, -0.2) is 0 Å². The van der Waals surface area contributed by atoms with Crippen LogP contribution >= 0.6 is 22.9 Å². The molecule has 0 aliphatic carbocycles. The summed E-state index contributed by atoms with van der Waals surface area (Å²) in [5.41, 5.74) is 1.17. The first-order valence-electron chi connectivity index (χ1n) is 6.73. The van der Waals surface area contributed by atoms with Crippen molar-refractivity contribution in [3.8, 4) is 0 Å². The zero-order valence-electron chi connectivity index (χ0n) is 11.6. The lowest BCUT2D eigenvalue weighted by Crippen LogP contribution is -2.25. The Balaban J connectivity index is 1.68. The predicted molar refractivity (Wildman–Crippen MR) is 84.8 cm³/mol. The molecular weight excluding hydrogens is 306 g/mol. The van der Waals surface area contributed by atoms with Gasteiger partial charge >= 0.3 is 0 Å². The van der Waals surface area contributed by atoms with Crippen LogP contribution in [-0.2, 0) is 6.54 Å². The topological polar surface area (TPSA) is 43.0 Å². The second kappa shape index (κ2) is 6.47. The van der Waals surface area contributed by atoms with Crippen molar-refractivity contribution in [3.63, 3.8) is 0 Å². The van der Waals surface area contributed by atoms with E-state index in [0.717, 1.165) is 28.1 Å². The monoisotopic (exact) mass is 321 g/mol. The Morgan fingerprint density at radius 2 is 2.33 bits per heavy atom. The van der Waals surface area contributed by atoms with E-state index in [1.807, 2.05) is 48.3 Å². The molecule has 110 valence electrons. The molecule has 3 aromatic rings. The fourth-order valence-electron chi connectivity index (χ4n) is 2.19. The zero-order chi connectivity index (χ0) is 14.7. The lowest BCUT2D eigenvalue weighted by Gasteiger charge is -2.15. The summed E-state index contributed by atoms with van der Waals surface area (Å²) >= 11 is 7.61. The van der Waals surface area contributed by atoms with Gasteiger partial charge in [0, 0.05) is 17.6 Å². The molecule has 0 radical (unpaired) electrons. The van der Waals surface area contributed by atoms with Gasteiger partial charge in [-0.2, -0.15) is 5.10 Å². The van der Waals surface area contributed by atoms with Gasteiger partial charge in [0.2, 0.25) is 0 Å². The number of hydrogen-bond acceptors (Lipinski definition) is 4. The molecule has 0 amide bonds. The van der Waals surface area contributed by atoms with Crippen LogP contribution in [0.15, 0.2) is 47.3 Å². The Labute approximate surface area is 132 Å². The Morgan fingerprint density at radius 3 is 2.95 bits per heavy atom. The molecule has 0 fully saturated rings. The van der Waals surface area contributed by atoms with Crippen LogP contribution in [0.2, 0.25) is 4.34 Å². The van der Waals surface area contributed by atoms with E-state index in [-0.39, 0.29) is 6.04 Å². The summed E-state index contributed by atoms with van der Waals surface area (Å²) in [6.07, 6.45) is 5.59. The highest BCUT2D eigenvalue weighted by Gasteiger charge is 2.18. The first-order valence-corrected chi connectivity index (χ1v) is 7.93. The Hall–Kier alpha value is -1.56. The summed E-state index contributed by atoms with van der Waals surface area (Å²) in [7, 11) is 0. The van der Waals surface area contributed by atoms with E-state index in [1.165, 1.54) is 5.56 Å². The third kappa shape index (κ3) is 3.56. The summed E-state index contributed by atoms with van der Waals surface area (Å²) in [4.78, 5) is 1.14. The van der Waals surface area contributed by atoms with Crippen molar-refractivity contribution >= 4 is 22.9 Å². The van der Waals surface area contributed by atoms with Crippen molar-refractivity contribution in [3.05, 3.63) is 63.5 Å². The normalized spacial score (nSPS) is 12.7. The first kappa shape index (κ1) is 14.4. The number of furan rings is 1. The lowest BCUT2D eigenvalue weighted by atomic mass is 10.2. The molecule has 0 spiro atoms. The molecule has 1 N–H and O–H groups in total. The molecule has 4 nitrogen and oxygen atoms in total. The van der Waals surface area contributed by atoms with Crippen LogP contribution in [0.4, 0.5) is 0 Å². The average molecular weight is 322 g/mol. The molecule has 0 saturated heterocycles. The van der Waals surface area contributed by atoms with Gasteiger partial charge in [-0.05, 0) is 36.8 Å². The van der Waals surface area contributed by atoms with E-state index < -0.39 is 0 Å². The van der Waals surface area contributed by atoms with Crippen LogP contribution in [0, 0.1) is 6.92 Å². The zero-order valence-corrected chi connectivity index (χ0v) is 13.2. The SMILES string of the molecule is Cc1cnn(CCNC(c2ccco2)c2ccc(Cl)s2)c1. The van der Waals surface area contributed by atoms with Crippen molar-refractivity contribution in [2.24, 2.45) is 0 Å². The van der Waals surface area contributed by atoms with Crippen molar-refractivity contribution in [1.29, 1.82) is 0 Å². The van der Waals surface area contributed by atoms with Gasteiger partial charge in [-0.15, -0.1) is 11.3 Å². The van der Waals surface area contributed by atoms with E-state index in [2.05, 4.69) is 10.4 Å². The van der Waals surface area contributed by atoms with Crippen molar-refractivity contribution in [1.82, 2.24) is 15.1 Å². The van der Waals surface area contributed by atoms with E-state index in [0.29, 0.717) is 0 Å². The molecular formula is C15H16ClN3OS. The van der Waals surface area contributed by atoms with Crippen LogP contribution in [0.5, 0.6) is 0 Å². The Morgan fingerprint density at radius 1 is 1.43 bits per heavy atom. The average Bonchev–Trinajstić information content (AvgIpc) is 3.17. The fraction of sp³-hybridized carbons (Fsp3) is 0.267. The number of halogens is 1. The third-order valence-electron chi connectivity index (χ3n) is 3.16. The highest BCUT2D eigenvalue weighted by molar-refractivity contribution is 7.16. The number of thiophene rings is 1. The van der Waals surface area contributed by atoms with Gasteiger partial charge in [0.15, 0.2) is 0 Å². The molecule has 1 unspecified atom stereocenters. The maximum Gasteiger partial charge on any atom is 0.126 e. The first-order chi connectivity index (χ1) is 10.2. The lowest BCUT2D eigenvalue weighted by molar-refractivity contribution is 0.437. The number of aryl methyl sites for hydroxylation is 1. The van der Waals surface area contributed by atoms with Crippen molar-refractivity contribution < 1.29 is 4.42 Å². The third-order valence-corrected chi connectivity index (χ3v) is 4.45. The smallest absolute Gasteiger partial charge is 0.126 e. The van der Waals surface area contributed by atoms with Gasteiger partial charge in [-0.3, -0.25) is 4.68 Å². The molecule has 0 saturated carbocycles. The minimum atomic E-state index is 0.0224. The number of nitrogens with zero attached hydrogens (tertiary/aromatic N) is 2. The molecule has 0 bridgehead atoms. The van der Waals surface area contributed by atoms with Gasteiger partial charge < -0.3 is 9.73 Å². The van der Waals surface area contributed by atoms with E-state index in [4.69, 9.17) is 16.0 Å². The molecule has 1 atom stereocenters. The second-order valence-corrected chi connectivity index (χ2v) is 6.57. The summed E-state index contributed by atoms with van der Waals surface area (Å²) < 4.78 is 8.26. The van der Waals surface area contributed by atoms with Crippen molar-refractivity contribution in [2.45, 2.75) is 19.5 Å². The molecule has 6 heteroatoms. The van der Waals surface area contributed by atoms with Gasteiger partial charge in [-0.1, -0.05) is 11.6 Å². The largest absolute Gasteiger partial charge is 0.467 e. The Bertz CT molecular complexity index is 689. The van der Waals surface area contributed by atoms with E-state index in [1.54, 1.807) is 17.6 Å². The van der Waals surface area contributed by atoms with E-state index in [9.17, 15) is 0 Å². The molecule has 3 rings (SSSR count). The number of aromatic nitrogens is 2. The maximum absolute atomic E-state index is 6.04. The minimum Gasteiger partial charge on any atom is -0.467 e. The highest BCUT2D eigenvalue weighted by atomic mass is 35.5. The van der Waals surface area contributed by atoms with Crippen LogP contribution in [0.25, 0.3) is 0 Å². The molecule has 0 aliphatic heterocycles. The summed E-state index contributed by atoms with van der Waals surface area (Å²) in [6.45, 7) is 3.64. The maximum atomic E-state index is 6.04. The highest BCUT2D eigenvalue weighted by Crippen LogP contribution is 2.31. The number of rotatable bonds is 6. The summed E-state index contributed by atoms with van der Waals surface area (Å²) in [6, 6.07) is 7.84. The quantitative estimate of drug-likeness (QED) is 0.749. The molecule has 0 aliphatic rings. The van der Waals surface area contributed by atoms with Crippen LogP contribution in [0.1, 0.15) is 22.2 Å². The number of hydrogen-bond donors (Lipinski definition) is 1. The minimum absolute atomic E-state index is 0.0224. The molecule has 0 aromatic carbocycles. The second-order valence-electron chi connectivity index (χ2n) is 4.83. The molecule has 3 heterocycles.